The number of nitrogens with zero attached hydrogens (tertiary/aromatic N) is 3. The van der Waals surface area contributed by atoms with Gasteiger partial charge in [-0.05, 0) is 31.5 Å². The van der Waals surface area contributed by atoms with Gasteiger partial charge in [0.25, 0.3) is 5.91 Å². The average molecular weight is 396 g/mol. The van der Waals surface area contributed by atoms with Crippen molar-refractivity contribution in [3.63, 3.8) is 0 Å². The van der Waals surface area contributed by atoms with E-state index in [1.165, 1.54) is 23.4 Å². The smallest absolute Gasteiger partial charge is 0.253 e. The lowest BCUT2D eigenvalue weighted by Gasteiger charge is -2.33. The predicted octanol–water partition coefficient (Wildman–Crippen LogP) is 1.80. The van der Waals surface area contributed by atoms with Gasteiger partial charge in [-0.2, -0.15) is 4.31 Å². The Morgan fingerprint density at radius 1 is 1.11 bits per heavy atom. The van der Waals surface area contributed by atoms with Crippen molar-refractivity contribution >= 4 is 21.8 Å². The van der Waals surface area contributed by atoms with Crippen LogP contribution in [0.2, 0.25) is 0 Å². The summed E-state index contributed by atoms with van der Waals surface area (Å²) in [6.07, 6.45) is 1.91. The van der Waals surface area contributed by atoms with E-state index in [-0.39, 0.29) is 29.8 Å². The lowest BCUT2D eigenvalue weighted by molar-refractivity contribution is -0.129. The number of hydrogen-bond donors (Lipinski definition) is 0. The first-order chi connectivity index (χ1) is 12.8. The van der Waals surface area contributed by atoms with Gasteiger partial charge in [0.15, 0.2) is 0 Å². The highest BCUT2D eigenvalue weighted by molar-refractivity contribution is 7.89. The molecule has 1 aliphatic heterocycles. The normalized spacial score (nSPS) is 15.6. The topological polar surface area (TPSA) is 78.0 Å². The Labute approximate surface area is 162 Å². The van der Waals surface area contributed by atoms with Gasteiger partial charge in [-0.1, -0.05) is 19.4 Å². The average Bonchev–Trinajstić information content (AvgIpc) is 2.68. The third kappa shape index (κ3) is 5.07. The van der Waals surface area contributed by atoms with E-state index in [1.807, 2.05) is 6.92 Å². The minimum atomic E-state index is -3.69. The molecule has 0 unspecified atom stereocenters. The standard InChI is InChI=1S/C19H29N3O4S/c1-4-6-10-20(5-2)19(24)17-8-7-9-18(15-17)27(25,26)22-13-11-21(12-14-22)16(3)23/h7-9,15H,4-6,10-14H2,1-3H3. The molecule has 2 rings (SSSR count). The van der Waals surface area contributed by atoms with Gasteiger partial charge < -0.3 is 9.80 Å². The Morgan fingerprint density at radius 2 is 1.78 bits per heavy atom. The monoisotopic (exact) mass is 395 g/mol. The van der Waals surface area contributed by atoms with Crippen LogP contribution in [0.1, 0.15) is 44.0 Å². The van der Waals surface area contributed by atoms with E-state index < -0.39 is 10.0 Å². The molecule has 2 amide bonds. The Kier molecular flexibility index (Phi) is 7.38. The fourth-order valence-electron chi connectivity index (χ4n) is 3.12. The third-order valence-corrected chi connectivity index (χ3v) is 6.75. The Balaban J connectivity index is 2.18. The van der Waals surface area contributed by atoms with Crippen molar-refractivity contribution < 1.29 is 18.0 Å². The third-order valence-electron chi connectivity index (χ3n) is 4.85. The van der Waals surface area contributed by atoms with Gasteiger partial charge in [-0.25, -0.2) is 8.42 Å². The first kappa shape index (κ1) is 21.4. The summed E-state index contributed by atoms with van der Waals surface area (Å²) in [6.45, 7) is 8.01. The number of hydrogen-bond acceptors (Lipinski definition) is 4. The van der Waals surface area contributed by atoms with Crippen LogP contribution in [0.5, 0.6) is 0 Å². The summed E-state index contributed by atoms with van der Waals surface area (Å²) < 4.78 is 27.3. The number of amides is 2. The molecule has 1 fully saturated rings. The minimum Gasteiger partial charge on any atom is -0.340 e. The highest BCUT2D eigenvalue weighted by Crippen LogP contribution is 2.20. The van der Waals surface area contributed by atoms with E-state index in [0.29, 0.717) is 31.7 Å². The molecule has 0 saturated carbocycles. The molecule has 1 aromatic rings. The van der Waals surface area contributed by atoms with Crippen LogP contribution in [0.3, 0.4) is 0 Å². The van der Waals surface area contributed by atoms with Gasteiger partial charge in [0.2, 0.25) is 15.9 Å². The summed E-state index contributed by atoms with van der Waals surface area (Å²) in [6, 6.07) is 6.25. The van der Waals surface area contributed by atoms with Crippen molar-refractivity contribution in [3.05, 3.63) is 29.8 Å². The summed E-state index contributed by atoms with van der Waals surface area (Å²) in [5.74, 6) is -0.198. The molecule has 1 aromatic carbocycles. The summed E-state index contributed by atoms with van der Waals surface area (Å²) in [7, 11) is -3.69. The predicted molar refractivity (Wildman–Crippen MR) is 104 cm³/mol. The van der Waals surface area contributed by atoms with Crippen molar-refractivity contribution in [3.8, 4) is 0 Å². The molecule has 7 nitrogen and oxygen atoms in total. The zero-order chi connectivity index (χ0) is 20.0. The second-order valence-corrected chi connectivity index (χ2v) is 8.61. The second kappa shape index (κ2) is 9.32. The van der Waals surface area contributed by atoms with Crippen molar-refractivity contribution in [2.75, 3.05) is 39.3 Å². The largest absolute Gasteiger partial charge is 0.340 e. The second-order valence-electron chi connectivity index (χ2n) is 6.68. The van der Waals surface area contributed by atoms with E-state index in [4.69, 9.17) is 0 Å². The molecule has 1 saturated heterocycles. The molecule has 0 spiro atoms. The molecule has 27 heavy (non-hydrogen) atoms. The van der Waals surface area contributed by atoms with Crippen molar-refractivity contribution in [2.45, 2.75) is 38.5 Å². The first-order valence-corrected chi connectivity index (χ1v) is 10.9. The summed E-state index contributed by atoms with van der Waals surface area (Å²) in [5, 5.41) is 0. The Bertz CT molecular complexity index is 771. The van der Waals surface area contributed by atoms with Crippen LogP contribution in [0.15, 0.2) is 29.2 Å². The van der Waals surface area contributed by atoms with E-state index in [1.54, 1.807) is 21.9 Å². The number of rotatable bonds is 7. The molecule has 0 bridgehead atoms. The quantitative estimate of drug-likeness (QED) is 0.705. The van der Waals surface area contributed by atoms with E-state index in [9.17, 15) is 18.0 Å². The number of unbranched alkanes of at least 4 members (excludes halogenated alkanes) is 1. The van der Waals surface area contributed by atoms with E-state index in [0.717, 1.165) is 12.8 Å². The molecule has 1 aliphatic rings. The molecule has 0 aromatic heterocycles. The maximum atomic E-state index is 12.9. The summed E-state index contributed by atoms with van der Waals surface area (Å²) in [4.78, 5) is 27.7. The van der Waals surface area contributed by atoms with Crippen LogP contribution in [-0.2, 0) is 14.8 Å². The Morgan fingerprint density at radius 3 is 2.33 bits per heavy atom. The molecular formula is C19H29N3O4S. The minimum absolute atomic E-state index is 0.0496. The molecule has 0 atom stereocenters. The number of piperazine rings is 1. The lowest BCUT2D eigenvalue weighted by Crippen LogP contribution is -2.49. The Hall–Kier alpha value is -1.93. The van der Waals surface area contributed by atoms with Gasteiger partial charge in [0, 0.05) is 51.8 Å². The van der Waals surface area contributed by atoms with Gasteiger partial charge >= 0.3 is 0 Å². The highest BCUT2D eigenvalue weighted by Gasteiger charge is 2.29. The zero-order valence-electron chi connectivity index (χ0n) is 16.3. The zero-order valence-corrected chi connectivity index (χ0v) is 17.2. The van der Waals surface area contributed by atoms with Crippen LogP contribution >= 0.6 is 0 Å². The first-order valence-electron chi connectivity index (χ1n) is 9.46. The van der Waals surface area contributed by atoms with E-state index in [2.05, 4.69) is 6.92 Å². The van der Waals surface area contributed by atoms with Gasteiger partial charge in [0.05, 0.1) is 4.90 Å². The number of carbonyl (C=O) groups excluding carboxylic acids is 2. The summed E-state index contributed by atoms with van der Waals surface area (Å²) >= 11 is 0. The van der Waals surface area contributed by atoms with Crippen LogP contribution in [0.4, 0.5) is 0 Å². The van der Waals surface area contributed by atoms with Crippen LogP contribution < -0.4 is 0 Å². The van der Waals surface area contributed by atoms with Crippen molar-refractivity contribution in [1.29, 1.82) is 0 Å². The fourth-order valence-corrected chi connectivity index (χ4v) is 4.59. The summed E-state index contributed by atoms with van der Waals surface area (Å²) in [5.41, 5.74) is 0.386. The molecule has 150 valence electrons. The van der Waals surface area contributed by atoms with Crippen molar-refractivity contribution in [1.82, 2.24) is 14.1 Å². The van der Waals surface area contributed by atoms with Crippen LogP contribution in [-0.4, -0.2) is 73.6 Å². The molecular weight excluding hydrogens is 366 g/mol. The fraction of sp³-hybridized carbons (Fsp3) is 0.579. The highest BCUT2D eigenvalue weighted by atomic mass is 32.2. The molecule has 0 radical (unpaired) electrons. The van der Waals surface area contributed by atoms with Crippen LogP contribution in [0.25, 0.3) is 0 Å². The SMILES string of the molecule is CCCCN(CC)C(=O)c1cccc(S(=O)(=O)N2CCN(C(C)=O)CC2)c1. The number of benzene rings is 1. The lowest BCUT2D eigenvalue weighted by atomic mass is 10.2. The number of carbonyl (C=O) groups is 2. The molecule has 1 heterocycles. The van der Waals surface area contributed by atoms with Crippen LogP contribution in [0, 0.1) is 0 Å². The van der Waals surface area contributed by atoms with Gasteiger partial charge in [-0.15, -0.1) is 0 Å². The van der Waals surface area contributed by atoms with E-state index >= 15 is 0 Å². The molecule has 0 N–H and O–H groups in total. The molecule has 8 heteroatoms. The maximum absolute atomic E-state index is 12.9. The maximum Gasteiger partial charge on any atom is 0.253 e. The van der Waals surface area contributed by atoms with Gasteiger partial charge in [-0.3, -0.25) is 9.59 Å². The molecule has 0 aliphatic carbocycles. The van der Waals surface area contributed by atoms with Crippen molar-refractivity contribution in [2.24, 2.45) is 0 Å². The van der Waals surface area contributed by atoms with Gasteiger partial charge in [0.1, 0.15) is 0 Å². The number of sulfonamides is 1.